The van der Waals surface area contributed by atoms with Gasteiger partial charge < -0.3 is 5.32 Å². The Bertz CT molecular complexity index is 360. The predicted octanol–water partition coefficient (Wildman–Crippen LogP) is 2.65. The first-order valence-corrected chi connectivity index (χ1v) is 5.30. The molecule has 82 valence electrons. The van der Waals surface area contributed by atoms with Gasteiger partial charge in [-0.15, -0.1) is 0 Å². The fourth-order valence-electron chi connectivity index (χ4n) is 1.58. The van der Waals surface area contributed by atoms with E-state index >= 15 is 0 Å². The highest BCUT2D eigenvalue weighted by Crippen LogP contribution is 2.23. The molecule has 0 aromatic heterocycles. The van der Waals surface area contributed by atoms with Gasteiger partial charge >= 0.3 is 0 Å². The Morgan fingerprint density at radius 2 is 2.13 bits per heavy atom. The molecule has 1 N–H and O–H groups in total. The second-order valence-corrected chi connectivity index (χ2v) is 4.71. The number of rotatable bonds is 3. The second kappa shape index (κ2) is 4.67. The predicted molar refractivity (Wildman–Crippen MR) is 63.0 cm³/mol. The van der Waals surface area contributed by atoms with Crippen LogP contribution in [0.5, 0.6) is 0 Å². The smallest absolute Gasteiger partial charge is 0.225 e. The topological polar surface area (TPSA) is 29.1 Å². The number of hydrogen-bond donors (Lipinski definition) is 1. The van der Waals surface area contributed by atoms with Gasteiger partial charge in [-0.25, -0.2) is 0 Å². The van der Waals surface area contributed by atoms with Crippen molar-refractivity contribution < 1.29 is 4.79 Å². The number of benzene rings is 1. The monoisotopic (exact) mass is 225 g/mol. The van der Waals surface area contributed by atoms with Crippen molar-refractivity contribution in [1.29, 1.82) is 0 Å². The van der Waals surface area contributed by atoms with E-state index in [1.807, 2.05) is 38.1 Å². The number of carbonyl (C=O) groups excluding carboxylic acids is 1. The molecule has 1 aromatic rings. The van der Waals surface area contributed by atoms with Crippen LogP contribution in [-0.4, -0.2) is 13.0 Å². The third kappa shape index (κ3) is 3.24. The summed E-state index contributed by atoms with van der Waals surface area (Å²) in [6, 6.07) is 7.61. The highest BCUT2D eigenvalue weighted by molar-refractivity contribution is 6.30. The first-order chi connectivity index (χ1) is 6.95. The highest BCUT2D eigenvalue weighted by atomic mass is 35.5. The van der Waals surface area contributed by atoms with E-state index in [1.54, 1.807) is 7.05 Å². The van der Waals surface area contributed by atoms with E-state index < -0.39 is 5.41 Å². The van der Waals surface area contributed by atoms with Crippen molar-refractivity contribution in [2.75, 3.05) is 7.05 Å². The molecule has 0 saturated carbocycles. The summed E-state index contributed by atoms with van der Waals surface area (Å²) in [4.78, 5) is 11.6. The summed E-state index contributed by atoms with van der Waals surface area (Å²) >= 11 is 5.89. The molecular formula is C12H16ClNO. The summed E-state index contributed by atoms with van der Waals surface area (Å²) in [5, 5.41) is 3.38. The van der Waals surface area contributed by atoms with Gasteiger partial charge in [0.2, 0.25) is 5.91 Å². The second-order valence-electron chi connectivity index (χ2n) is 4.27. The Morgan fingerprint density at radius 3 is 2.67 bits per heavy atom. The fraction of sp³-hybridized carbons (Fsp3) is 0.417. The Morgan fingerprint density at radius 1 is 1.47 bits per heavy atom. The molecule has 0 radical (unpaired) electrons. The molecule has 3 heteroatoms. The quantitative estimate of drug-likeness (QED) is 0.842. The summed E-state index contributed by atoms with van der Waals surface area (Å²) in [6.45, 7) is 3.85. The number of carbonyl (C=O) groups is 1. The summed E-state index contributed by atoms with van der Waals surface area (Å²) < 4.78 is 0. The molecule has 0 fully saturated rings. The van der Waals surface area contributed by atoms with Gasteiger partial charge in [0.15, 0.2) is 0 Å². The molecule has 2 nitrogen and oxygen atoms in total. The first-order valence-electron chi connectivity index (χ1n) is 4.92. The zero-order chi connectivity index (χ0) is 11.5. The molecule has 0 aliphatic heterocycles. The molecule has 1 amide bonds. The first kappa shape index (κ1) is 12.1. The zero-order valence-corrected chi connectivity index (χ0v) is 10.1. The molecule has 0 aliphatic carbocycles. The fourth-order valence-corrected chi connectivity index (χ4v) is 1.79. The van der Waals surface area contributed by atoms with Crippen LogP contribution in [0.2, 0.25) is 5.02 Å². The number of nitrogens with one attached hydrogen (secondary N) is 1. The molecule has 0 unspecified atom stereocenters. The number of halogens is 1. The van der Waals surface area contributed by atoms with E-state index in [0.717, 1.165) is 5.56 Å². The lowest BCUT2D eigenvalue weighted by Crippen LogP contribution is -2.36. The van der Waals surface area contributed by atoms with Crippen molar-refractivity contribution in [2.24, 2.45) is 5.41 Å². The highest BCUT2D eigenvalue weighted by Gasteiger charge is 2.26. The van der Waals surface area contributed by atoms with Crippen LogP contribution in [0.4, 0.5) is 0 Å². The lowest BCUT2D eigenvalue weighted by Gasteiger charge is -2.22. The minimum absolute atomic E-state index is 0.0440. The summed E-state index contributed by atoms with van der Waals surface area (Å²) in [7, 11) is 1.65. The van der Waals surface area contributed by atoms with Gasteiger partial charge in [-0.1, -0.05) is 37.6 Å². The number of amides is 1. The van der Waals surface area contributed by atoms with Gasteiger partial charge in [-0.3, -0.25) is 4.79 Å². The van der Waals surface area contributed by atoms with Crippen LogP contribution in [0, 0.1) is 5.41 Å². The Hall–Kier alpha value is -1.02. The van der Waals surface area contributed by atoms with Crippen LogP contribution in [-0.2, 0) is 11.2 Å². The van der Waals surface area contributed by atoms with Crippen molar-refractivity contribution in [3.63, 3.8) is 0 Å². The minimum Gasteiger partial charge on any atom is -0.359 e. The summed E-state index contributed by atoms with van der Waals surface area (Å²) in [5.74, 6) is 0.0440. The van der Waals surface area contributed by atoms with Crippen LogP contribution in [0.25, 0.3) is 0 Å². The lowest BCUT2D eigenvalue weighted by atomic mass is 9.85. The number of hydrogen-bond acceptors (Lipinski definition) is 1. The molecule has 0 saturated heterocycles. The molecule has 0 heterocycles. The Kier molecular flexibility index (Phi) is 3.75. The van der Waals surface area contributed by atoms with Gasteiger partial charge in [0.05, 0.1) is 0 Å². The van der Waals surface area contributed by atoms with Gasteiger partial charge in [-0.05, 0) is 24.1 Å². The average molecular weight is 226 g/mol. The van der Waals surface area contributed by atoms with Crippen LogP contribution >= 0.6 is 11.6 Å². The molecule has 15 heavy (non-hydrogen) atoms. The Balaban J connectivity index is 2.81. The van der Waals surface area contributed by atoms with Crippen LogP contribution in [0.3, 0.4) is 0 Å². The van der Waals surface area contributed by atoms with Crippen molar-refractivity contribution in [1.82, 2.24) is 5.32 Å². The van der Waals surface area contributed by atoms with E-state index in [0.29, 0.717) is 11.4 Å². The Labute approximate surface area is 95.6 Å². The maximum Gasteiger partial charge on any atom is 0.225 e. The van der Waals surface area contributed by atoms with Gasteiger partial charge in [0.1, 0.15) is 0 Å². The largest absolute Gasteiger partial charge is 0.359 e. The molecule has 0 atom stereocenters. The normalized spacial score (nSPS) is 11.2. The van der Waals surface area contributed by atoms with E-state index in [-0.39, 0.29) is 5.91 Å². The molecule has 1 aromatic carbocycles. The van der Waals surface area contributed by atoms with Gasteiger partial charge in [0.25, 0.3) is 0 Å². The van der Waals surface area contributed by atoms with Crippen molar-refractivity contribution >= 4 is 17.5 Å². The molecule has 0 bridgehead atoms. The third-order valence-corrected chi connectivity index (χ3v) is 2.61. The zero-order valence-electron chi connectivity index (χ0n) is 9.30. The van der Waals surface area contributed by atoms with Crippen LogP contribution in [0.1, 0.15) is 19.4 Å². The maximum absolute atomic E-state index is 11.6. The maximum atomic E-state index is 11.6. The third-order valence-electron chi connectivity index (χ3n) is 2.38. The van der Waals surface area contributed by atoms with E-state index in [4.69, 9.17) is 11.6 Å². The minimum atomic E-state index is -0.403. The van der Waals surface area contributed by atoms with Crippen molar-refractivity contribution in [3.05, 3.63) is 34.9 Å². The van der Waals surface area contributed by atoms with Gasteiger partial charge in [-0.2, -0.15) is 0 Å². The molecule has 0 spiro atoms. The summed E-state index contributed by atoms with van der Waals surface area (Å²) in [5.41, 5.74) is 0.676. The lowest BCUT2D eigenvalue weighted by molar-refractivity contribution is -0.128. The van der Waals surface area contributed by atoms with E-state index in [1.165, 1.54) is 0 Å². The molecule has 0 aliphatic rings. The van der Waals surface area contributed by atoms with Crippen LogP contribution in [0.15, 0.2) is 24.3 Å². The van der Waals surface area contributed by atoms with Crippen LogP contribution < -0.4 is 5.32 Å². The van der Waals surface area contributed by atoms with Gasteiger partial charge in [0, 0.05) is 17.5 Å². The summed E-state index contributed by atoms with van der Waals surface area (Å²) in [6.07, 6.45) is 0.688. The molecular weight excluding hydrogens is 210 g/mol. The average Bonchev–Trinajstić information content (AvgIpc) is 2.15. The van der Waals surface area contributed by atoms with Crippen molar-refractivity contribution in [2.45, 2.75) is 20.3 Å². The van der Waals surface area contributed by atoms with E-state index in [9.17, 15) is 4.79 Å². The van der Waals surface area contributed by atoms with E-state index in [2.05, 4.69) is 5.32 Å². The SMILES string of the molecule is CNC(=O)C(C)(C)Cc1cccc(Cl)c1. The molecule has 1 rings (SSSR count). The standard InChI is InChI=1S/C12H16ClNO/c1-12(2,11(15)14-3)8-9-5-4-6-10(13)7-9/h4-7H,8H2,1-3H3,(H,14,15). The van der Waals surface area contributed by atoms with Crippen molar-refractivity contribution in [3.8, 4) is 0 Å².